The maximum Gasteiger partial charge on any atom is 0.238 e. The molecule has 3 rings (SSSR count). The minimum absolute atomic E-state index is 0.00898. The lowest BCUT2D eigenvalue weighted by Gasteiger charge is -2.33. The summed E-state index contributed by atoms with van der Waals surface area (Å²) in [4.78, 5) is 14.2. The van der Waals surface area contributed by atoms with Gasteiger partial charge in [0.15, 0.2) is 0 Å². The zero-order valence-electron chi connectivity index (χ0n) is 12.6. The molecule has 21 heavy (non-hydrogen) atoms. The number of rotatable bonds is 3. The summed E-state index contributed by atoms with van der Waals surface area (Å²) < 4.78 is 0. The topological polar surface area (TPSA) is 52.6 Å². The Kier molecular flexibility index (Phi) is 4.27. The Morgan fingerprint density at radius 1 is 1.38 bits per heavy atom. The van der Waals surface area contributed by atoms with Gasteiger partial charge in [0.25, 0.3) is 0 Å². The predicted octanol–water partition coefficient (Wildman–Crippen LogP) is 1.82. The van der Waals surface area contributed by atoms with Gasteiger partial charge in [-0.05, 0) is 61.4 Å². The summed E-state index contributed by atoms with van der Waals surface area (Å²) in [5, 5.41) is 12.9. The molecule has 1 aliphatic heterocycles. The first-order valence-corrected chi connectivity index (χ1v) is 7.94. The molecule has 1 aromatic carbocycles. The quantitative estimate of drug-likeness (QED) is 0.892. The molecule has 2 unspecified atom stereocenters. The summed E-state index contributed by atoms with van der Waals surface area (Å²) in [6, 6.07) is 6.23. The molecule has 114 valence electrons. The van der Waals surface area contributed by atoms with Gasteiger partial charge >= 0.3 is 0 Å². The number of hydrogen-bond donors (Lipinski definition) is 2. The third-order valence-electron chi connectivity index (χ3n) is 4.75. The highest BCUT2D eigenvalue weighted by molar-refractivity contribution is 5.92. The number of piperidine rings is 1. The van der Waals surface area contributed by atoms with E-state index < -0.39 is 0 Å². The van der Waals surface area contributed by atoms with Crippen LogP contribution in [0.3, 0.4) is 0 Å². The zero-order valence-corrected chi connectivity index (χ0v) is 12.6. The van der Waals surface area contributed by atoms with E-state index in [0.717, 1.165) is 31.5 Å². The number of likely N-dealkylation sites (tertiary alicyclic amines) is 1. The van der Waals surface area contributed by atoms with Crippen LogP contribution < -0.4 is 5.32 Å². The summed E-state index contributed by atoms with van der Waals surface area (Å²) in [7, 11) is 0. The normalized spacial score (nSPS) is 25.6. The van der Waals surface area contributed by atoms with E-state index in [1.807, 2.05) is 11.0 Å². The molecule has 1 aromatic rings. The molecule has 2 N–H and O–H groups in total. The molecule has 2 aliphatic rings. The number of benzene rings is 1. The lowest BCUT2D eigenvalue weighted by atomic mass is 9.96. The summed E-state index contributed by atoms with van der Waals surface area (Å²) in [5.74, 6) is 0.343. The maximum atomic E-state index is 12.1. The van der Waals surface area contributed by atoms with Crippen molar-refractivity contribution >= 4 is 11.6 Å². The van der Waals surface area contributed by atoms with E-state index in [1.54, 1.807) is 0 Å². The van der Waals surface area contributed by atoms with Gasteiger partial charge in [-0.1, -0.05) is 13.0 Å². The van der Waals surface area contributed by atoms with E-state index >= 15 is 0 Å². The van der Waals surface area contributed by atoms with Gasteiger partial charge in [-0.15, -0.1) is 0 Å². The van der Waals surface area contributed by atoms with Gasteiger partial charge < -0.3 is 10.4 Å². The number of anilines is 1. The molecule has 0 spiro atoms. The van der Waals surface area contributed by atoms with Crippen molar-refractivity contribution in [3.05, 3.63) is 29.3 Å². The van der Waals surface area contributed by atoms with Crippen LogP contribution in [-0.2, 0) is 17.6 Å². The SMILES string of the molecule is CC1CCN(CC(=O)Nc2ccc3c(c2)CCC3)CC1O. The summed E-state index contributed by atoms with van der Waals surface area (Å²) in [6.07, 6.45) is 4.14. The second-order valence-corrected chi connectivity index (χ2v) is 6.45. The second-order valence-electron chi connectivity index (χ2n) is 6.45. The fourth-order valence-electron chi connectivity index (χ4n) is 3.31. The van der Waals surface area contributed by atoms with Gasteiger partial charge in [0.2, 0.25) is 5.91 Å². The Balaban J connectivity index is 1.54. The van der Waals surface area contributed by atoms with E-state index in [9.17, 15) is 9.90 Å². The monoisotopic (exact) mass is 288 g/mol. The minimum atomic E-state index is -0.313. The van der Waals surface area contributed by atoms with Gasteiger partial charge in [0.1, 0.15) is 0 Å². The van der Waals surface area contributed by atoms with Crippen LogP contribution in [0.15, 0.2) is 18.2 Å². The fraction of sp³-hybridized carbons (Fsp3) is 0.588. The number of carbonyl (C=O) groups is 1. The predicted molar refractivity (Wildman–Crippen MR) is 83.3 cm³/mol. The van der Waals surface area contributed by atoms with Gasteiger partial charge in [-0.25, -0.2) is 0 Å². The molecule has 2 atom stereocenters. The van der Waals surface area contributed by atoms with Crippen molar-refractivity contribution in [3.63, 3.8) is 0 Å². The van der Waals surface area contributed by atoms with Crippen LogP contribution in [0.2, 0.25) is 0 Å². The van der Waals surface area contributed by atoms with Crippen molar-refractivity contribution in [1.82, 2.24) is 4.90 Å². The molecule has 0 bridgehead atoms. The number of nitrogens with zero attached hydrogens (tertiary/aromatic N) is 1. The number of carbonyl (C=O) groups excluding carboxylic acids is 1. The van der Waals surface area contributed by atoms with Crippen molar-refractivity contribution in [3.8, 4) is 0 Å². The molecule has 4 nitrogen and oxygen atoms in total. The highest BCUT2D eigenvalue weighted by Gasteiger charge is 2.25. The Morgan fingerprint density at radius 3 is 3.00 bits per heavy atom. The van der Waals surface area contributed by atoms with Crippen LogP contribution in [-0.4, -0.2) is 41.7 Å². The number of aliphatic hydroxyl groups is 1. The standard InChI is InChI=1S/C17H24N2O2/c1-12-7-8-19(10-16(12)20)11-17(21)18-15-6-5-13-3-2-4-14(13)9-15/h5-6,9,12,16,20H,2-4,7-8,10-11H2,1H3,(H,18,21). The molecule has 1 fully saturated rings. The maximum absolute atomic E-state index is 12.1. The Morgan fingerprint density at radius 2 is 2.19 bits per heavy atom. The molecule has 1 aliphatic carbocycles. The first-order chi connectivity index (χ1) is 10.1. The van der Waals surface area contributed by atoms with Gasteiger partial charge in [-0.3, -0.25) is 9.69 Å². The average molecular weight is 288 g/mol. The lowest BCUT2D eigenvalue weighted by molar-refractivity contribution is -0.118. The Labute approximate surface area is 126 Å². The molecule has 1 heterocycles. The molecule has 0 aromatic heterocycles. The summed E-state index contributed by atoms with van der Waals surface area (Å²) >= 11 is 0. The first-order valence-electron chi connectivity index (χ1n) is 7.94. The van der Waals surface area contributed by atoms with Crippen molar-refractivity contribution in [2.45, 2.75) is 38.7 Å². The van der Waals surface area contributed by atoms with E-state index in [-0.39, 0.29) is 12.0 Å². The molecule has 0 radical (unpaired) electrons. The van der Waals surface area contributed by atoms with E-state index in [1.165, 1.54) is 17.5 Å². The zero-order chi connectivity index (χ0) is 14.8. The first kappa shape index (κ1) is 14.5. The number of aliphatic hydroxyl groups excluding tert-OH is 1. The third kappa shape index (κ3) is 3.44. The number of fused-ring (bicyclic) bond motifs is 1. The molecule has 0 saturated carbocycles. The van der Waals surface area contributed by atoms with Crippen LogP contribution in [0.5, 0.6) is 0 Å². The van der Waals surface area contributed by atoms with Crippen LogP contribution >= 0.6 is 0 Å². The van der Waals surface area contributed by atoms with E-state index in [2.05, 4.69) is 24.4 Å². The minimum Gasteiger partial charge on any atom is -0.392 e. The highest BCUT2D eigenvalue weighted by Crippen LogP contribution is 2.25. The van der Waals surface area contributed by atoms with Crippen molar-refractivity contribution in [2.24, 2.45) is 5.92 Å². The van der Waals surface area contributed by atoms with Crippen molar-refractivity contribution in [1.29, 1.82) is 0 Å². The molecule has 1 saturated heterocycles. The summed E-state index contributed by atoms with van der Waals surface area (Å²) in [6.45, 7) is 3.90. The average Bonchev–Trinajstić information content (AvgIpc) is 2.90. The number of amides is 1. The van der Waals surface area contributed by atoms with Crippen LogP contribution in [0.25, 0.3) is 0 Å². The number of nitrogens with one attached hydrogen (secondary N) is 1. The molecule has 1 amide bonds. The van der Waals surface area contributed by atoms with Crippen LogP contribution in [0, 0.1) is 5.92 Å². The molecular weight excluding hydrogens is 264 g/mol. The molecule has 4 heteroatoms. The van der Waals surface area contributed by atoms with Gasteiger partial charge in [-0.2, -0.15) is 0 Å². The largest absolute Gasteiger partial charge is 0.392 e. The van der Waals surface area contributed by atoms with Crippen LogP contribution in [0.1, 0.15) is 30.9 Å². The number of aryl methyl sites for hydroxylation is 2. The van der Waals surface area contributed by atoms with E-state index in [4.69, 9.17) is 0 Å². The van der Waals surface area contributed by atoms with E-state index in [0.29, 0.717) is 19.0 Å². The van der Waals surface area contributed by atoms with Gasteiger partial charge in [0.05, 0.1) is 12.6 Å². The highest BCUT2D eigenvalue weighted by atomic mass is 16.3. The summed E-state index contributed by atoms with van der Waals surface area (Å²) in [5.41, 5.74) is 3.68. The smallest absolute Gasteiger partial charge is 0.238 e. The second kappa shape index (κ2) is 6.16. The van der Waals surface area contributed by atoms with Gasteiger partial charge in [0, 0.05) is 12.2 Å². The third-order valence-corrected chi connectivity index (χ3v) is 4.75. The van der Waals surface area contributed by atoms with Crippen molar-refractivity contribution < 1.29 is 9.90 Å². The lowest BCUT2D eigenvalue weighted by Crippen LogP contribution is -2.45. The van der Waals surface area contributed by atoms with Crippen LogP contribution in [0.4, 0.5) is 5.69 Å². The number of hydrogen-bond acceptors (Lipinski definition) is 3. The fourth-order valence-corrected chi connectivity index (χ4v) is 3.31. The Bertz CT molecular complexity index is 530. The van der Waals surface area contributed by atoms with Crippen molar-refractivity contribution in [2.75, 3.05) is 25.0 Å². The molecular formula is C17H24N2O2. The Hall–Kier alpha value is -1.39. The number of β-amino-alcohol motifs (C(OH)–C–C–N with tert-alkyl or cyclic N) is 1.